The Bertz CT molecular complexity index is 1420. The van der Waals surface area contributed by atoms with Crippen molar-refractivity contribution < 1.29 is 22.1 Å². The predicted octanol–water partition coefficient (Wildman–Crippen LogP) is 7.08. The van der Waals surface area contributed by atoms with Crippen LogP contribution >= 0.6 is 0 Å². The zero-order chi connectivity index (χ0) is 26.9. The molecule has 2 aromatic rings. The number of ether oxygens (including phenoxy) is 2. The van der Waals surface area contributed by atoms with Crippen LogP contribution in [0.4, 0.5) is 0 Å². The van der Waals surface area contributed by atoms with Crippen LogP contribution in [0.1, 0.15) is 56.7 Å². The highest BCUT2D eigenvalue weighted by atomic mass is 32.2. The molecule has 200 valence electrons. The van der Waals surface area contributed by atoms with Crippen molar-refractivity contribution >= 4 is 15.7 Å². The molecule has 0 saturated carbocycles. The normalized spacial score (nSPS) is 21.8. The fourth-order valence-corrected chi connectivity index (χ4v) is 6.04. The van der Waals surface area contributed by atoms with Crippen LogP contribution in [-0.4, -0.2) is 26.7 Å². The first kappa shape index (κ1) is 26.5. The highest BCUT2D eigenvalue weighted by molar-refractivity contribution is 7.87. The lowest BCUT2D eigenvalue weighted by Gasteiger charge is -2.38. The highest BCUT2D eigenvalue weighted by Gasteiger charge is 2.35. The Kier molecular flexibility index (Phi) is 7.38. The van der Waals surface area contributed by atoms with E-state index in [0.29, 0.717) is 12.4 Å². The van der Waals surface area contributed by atoms with E-state index in [-0.39, 0.29) is 22.5 Å². The second kappa shape index (κ2) is 10.6. The lowest BCUT2D eigenvalue weighted by molar-refractivity contribution is 0.0474. The molecule has 38 heavy (non-hydrogen) atoms. The average molecular weight is 533 g/mol. The molecule has 0 radical (unpaired) electrons. The Morgan fingerprint density at radius 2 is 1.84 bits per heavy atom. The molecule has 2 unspecified atom stereocenters. The van der Waals surface area contributed by atoms with E-state index in [0.717, 1.165) is 59.3 Å². The molecule has 2 aliphatic heterocycles. The molecule has 3 aliphatic rings. The molecule has 0 fully saturated rings. The maximum absolute atomic E-state index is 13.2. The number of rotatable bonds is 8. The quantitative estimate of drug-likeness (QED) is 0.268. The number of hydrogen-bond acceptors (Lipinski definition) is 5. The molecule has 5 rings (SSSR count). The molecular formula is C32H36O5S. The van der Waals surface area contributed by atoms with Gasteiger partial charge in [0, 0.05) is 17.1 Å². The second-order valence-electron chi connectivity index (χ2n) is 10.9. The van der Waals surface area contributed by atoms with Crippen LogP contribution in [0.3, 0.4) is 0 Å². The molecule has 6 heteroatoms. The number of fused-ring (bicyclic) bond motifs is 2. The van der Waals surface area contributed by atoms with Gasteiger partial charge in [0.15, 0.2) is 5.75 Å². The van der Waals surface area contributed by atoms with Gasteiger partial charge in [0.2, 0.25) is 0 Å². The van der Waals surface area contributed by atoms with Crippen molar-refractivity contribution in [3.63, 3.8) is 0 Å². The van der Waals surface area contributed by atoms with E-state index in [4.69, 9.17) is 13.7 Å². The SMILES string of the molecule is CCCCCc1ccc(C2=CC3C=CC4=C(C=CC(C)(C)O4)C3OC2)c(OS(=O)(=O)c2ccc(C)cc2)c1. The molecule has 0 amide bonds. The summed E-state index contributed by atoms with van der Waals surface area (Å²) in [4.78, 5) is 0.140. The van der Waals surface area contributed by atoms with Crippen molar-refractivity contribution in [2.24, 2.45) is 5.92 Å². The number of hydrogen-bond donors (Lipinski definition) is 0. The zero-order valence-corrected chi connectivity index (χ0v) is 23.4. The van der Waals surface area contributed by atoms with Crippen molar-refractivity contribution in [2.45, 2.75) is 70.0 Å². The van der Waals surface area contributed by atoms with Crippen LogP contribution in [0.15, 0.2) is 89.1 Å². The third-order valence-corrected chi connectivity index (χ3v) is 8.48. The van der Waals surface area contributed by atoms with Gasteiger partial charge in [0.25, 0.3) is 0 Å². The molecule has 1 aliphatic carbocycles. The molecule has 5 nitrogen and oxygen atoms in total. The molecule has 0 bridgehead atoms. The zero-order valence-electron chi connectivity index (χ0n) is 22.6. The summed E-state index contributed by atoms with van der Waals surface area (Å²) in [5, 5.41) is 0. The molecule has 0 spiro atoms. The van der Waals surface area contributed by atoms with Crippen molar-refractivity contribution in [1.29, 1.82) is 0 Å². The lowest BCUT2D eigenvalue weighted by atomic mass is 9.83. The minimum absolute atomic E-state index is 0.0118. The molecule has 2 atom stereocenters. The fourth-order valence-electron chi connectivity index (χ4n) is 5.10. The van der Waals surface area contributed by atoms with Gasteiger partial charge in [-0.3, -0.25) is 0 Å². The summed E-state index contributed by atoms with van der Waals surface area (Å²) in [7, 11) is -4.00. The Balaban J connectivity index is 1.46. The van der Waals surface area contributed by atoms with Crippen LogP contribution in [0.2, 0.25) is 0 Å². The fraction of sp³-hybridized carbons (Fsp3) is 0.375. The van der Waals surface area contributed by atoms with Gasteiger partial charge >= 0.3 is 10.1 Å². The van der Waals surface area contributed by atoms with Gasteiger partial charge in [-0.15, -0.1) is 0 Å². The van der Waals surface area contributed by atoms with E-state index < -0.39 is 10.1 Å². The lowest BCUT2D eigenvalue weighted by Crippen LogP contribution is -2.35. The van der Waals surface area contributed by atoms with Gasteiger partial charge in [-0.05, 0) is 75.1 Å². The highest BCUT2D eigenvalue weighted by Crippen LogP contribution is 2.41. The molecule has 2 aromatic carbocycles. The van der Waals surface area contributed by atoms with Gasteiger partial charge in [0.05, 0.1) is 12.7 Å². The summed E-state index contributed by atoms with van der Waals surface area (Å²) in [6.07, 6.45) is 14.5. The van der Waals surface area contributed by atoms with Crippen LogP contribution in [0.5, 0.6) is 5.75 Å². The maximum atomic E-state index is 13.2. The summed E-state index contributed by atoms with van der Waals surface area (Å²) in [6.45, 7) is 8.51. The first-order valence-electron chi connectivity index (χ1n) is 13.4. The van der Waals surface area contributed by atoms with Gasteiger partial charge in [-0.2, -0.15) is 8.42 Å². The minimum Gasteiger partial charge on any atom is -0.483 e. The molecule has 0 saturated heterocycles. The van der Waals surface area contributed by atoms with Gasteiger partial charge in [0.1, 0.15) is 16.3 Å². The Morgan fingerprint density at radius 1 is 1.05 bits per heavy atom. The summed E-state index contributed by atoms with van der Waals surface area (Å²) in [5.74, 6) is 1.20. The van der Waals surface area contributed by atoms with Gasteiger partial charge in [-0.25, -0.2) is 0 Å². The van der Waals surface area contributed by atoms with Crippen LogP contribution < -0.4 is 4.18 Å². The second-order valence-corrected chi connectivity index (χ2v) is 12.4. The standard InChI is InChI=1S/C32H36O5S/c1-5-6-7-8-23-11-15-27(30(19-23)37-38(33,34)26-13-9-22(2)10-14-26)25-20-24-12-16-29-28(31(24)35-21-25)17-18-32(3,4)36-29/h9-20,24,31H,5-8,21H2,1-4H3. The predicted molar refractivity (Wildman–Crippen MR) is 150 cm³/mol. The van der Waals surface area contributed by atoms with Crippen molar-refractivity contribution in [3.8, 4) is 5.75 Å². The largest absolute Gasteiger partial charge is 0.483 e. The van der Waals surface area contributed by atoms with Gasteiger partial charge in [-0.1, -0.05) is 67.8 Å². The first-order valence-corrected chi connectivity index (χ1v) is 14.8. The molecule has 2 heterocycles. The summed E-state index contributed by atoms with van der Waals surface area (Å²) in [5.41, 5.74) is 4.39. The van der Waals surface area contributed by atoms with E-state index in [9.17, 15) is 8.42 Å². The molecular weight excluding hydrogens is 496 g/mol. The van der Waals surface area contributed by atoms with Crippen molar-refractivity contribution in [3.05, 3.63) is 101 Å². The number of allylic oxidation sites excluding steroid dienone is 1. The number of unbranched alkanes of at least 4 members (excludes halogenated alkanes) is 2. The Hall–Kier alpha value is -3.09. The molecule has 0 aromatic heterocycles. The maximum Gasteiger partial charge on any atom is 0.339 e. The summed E-state index contributed by atoms with van der Waals surface area (Å²) < 4.78 is 44.8. The van der Waals surface area contributed by atoms with Gasteiger partial charge < -0.3 is 13.7 Å². The van der Waals surface area contributed by atoms with Crippen LogP contribution in [0, 0.1) is 12.8 Å². The van der Waals surface area contributed by atoms with Crippen LogP contribution in [0.25, 0.3) is 5.57 Å². The summed E-state index contributed by atoms with van der Waals surface area (Å²) >= 11 is 0. The first-order chi connectivity index (χ1) is 18.1. The van der Waals surface area contributed by atoms with E-state index >= 15 is 0 Å². The minimum atomic E-state index is -4.00. The molecule has 0 N–H and O–H groups in total. The third-order valence-electron chi connectivity index (χ3n) is 7.23. The van der Waals surface area contributed by atoms with Crippen molar-refractivity contribution in [1.82, 2.24) is 0 Å². The smallest absolute Gasteiger partial charge is 0.339 e. The monoisotopic (exact) mass is 532 g/mol. The average Bonchev–Trinajstić information content (AvgIpc) is 2.88. The Labute approximate surface area is 226 Å². The van der Waals surface area contributed by atoms with Crippen LogP contribution in [-0.2, 0) is 26.0 Å². The Morgan fingerprint density at radius 3 is 2.61 bits per heavy atom. The number of aryl methyl sites for hydroxylation is 2. The van der Waals surface area contributed by atoms with E-state index in [1.54, 1.807) is 24.3 Å². The van der Waals surface area contributed by atoms with E-state index in [1.807, 2.05) is 39.0 Å². The third kappa shape index (κ3) is 5.67. The topological polar surface area (TPSA) is 61.8 Å². The van der Waals surface area contributed by atoms with E-state index in [1.165, 1.54) is 0 Å². The van der Waals surface area contributed by atoms with Crippen molar-refractivity contribution in [2.75, 3.05) is 6.61 Å². The van der Waals surface area contributed by atoms with E-state index in [2.05, 4.69) is 37.3 Å². The number of benzene rings is 2. The summed E-state index contributed by atoms with van der Waals surface area (Å²) in [6, 6.07) is 12.6.